The van der Waals surface area contributed by atoms with Gasteiger partial charge in [0.25, 0.3) is 0 Å². The van der Waals surface area contributed by atoms with Gasteiger partial charge in [-0.2, -0.15) is 0 Å². The number of carbonyl (C=O) groups excluding carboxylic acids is 1. The molecular weight excluding hydrogens is 340 g/mol. The summed E-state index contributed by atoms with van der Waals surface area (Å²) >= 11 is 0. The second-order valence-electron chi connectivity index (χ2n) is 9.58. The van der Waals surface area contributed by atoms with Crippen LogP contribution < -0.4 is 5.43 Å². The fraction of sp³-hybridized carbons (Fsp3) is 0.652. The fourth-order valence-electron chi connectivity index (χ4n) is 5.48. The van der Waals surface area contributed by atoms with E-state index < -0.39 is 16.8 Å². The van der Waals surface area contributed by atoms with Crippen molar-refractivity contribution in [3.8, 4) is 5.75 Å². The molecule has 3 rings (SSSR count). The van der Waals surface area contributed by atoms with Crippen LogP contribution in [0.2, 0.25) is 0 Å². The summed E-state index contributed by atoms with van der Waals surface area (Å²) in [4.78, 5) is 25.5. The van der Waals surface area contributed by atoms with Gasteiger partial charge in [-0.3, -0.25) is 9.59 Å². The number of aliphatic hydroxyl groups is 1. The van der Waals surface area contributed by atoms with Gasteiger partial charge in [-0.25, -0.2) is 0 Å². The van der Waals surface area contributed by atoms with Crippen LogP contribution in [-0.4, -0.2) is 21.6 Å². The minimum Gasteiger partial charge on any atom is -0.507 e. The van der Waals surface area contributed by atoms with Crippen molar-refractivity contribution in [2.24, 2.45) is 11.3 Å². The molecule has 0 unspecified atom stereocenters. The first-order valence-corrected chi connectivity index (χ1v) is 10.1. The van der Waals surface area contributed by atoms with Crippen molar-refractivity contribution in [2.75, 3.05) is 0 Å². The molecule has 1 saturated carbocycles. The number of Topliss-reactive ketones (excluding diaryl/α,β-unsaturated/α-hetero) is 1. The Morgan fingerprint density at radius 3 is 2.52 bits per heavy atom. The van der Waals surface area contributed by atoms with Crippen molar-refractivity contribution < 1.29 is 15.0 Å². The highest BCUT2D eigenvalue weighted by molar-refractivity contribution is 5.97. The molecule has 2 atom stereocenters. The van der Waals surface area contributed by atoms with E-state index in [0.717, 1.165) is 24.8 Å². The molecule has 1 aromatic carbocycles. The summed E-state index contributed by atoms with van der Waals surface area (Å²) in [6, 6.07) is 1.90. The average Bonchev–Trinajstić information content (AvgIpc) is 2.74. The van der Waals surface area contributed by atoms with Gasteiger partial charge in [0.05, 0.1) is 5.60 Å². The van der Waals surface area contributed by atoms with Crippen molar-refractivity contribution in [3.05, 3.63) is 38.5 Å². The Kier molecular flexibility index (Phi) is 5.00. The van der Waals surface area contributed by atoms with Gasteiger partial charge < -0.3 is 10.2 Å². The lowest BCUT2D eigenvalue weighted by molar-refractivity contribution is -0.102. The van der Waals surface area contributed by atoms with E-state index in [9.17, 15) is 19.8 Å². The number of carbonyl (C=O) groups is 1. The summed E-state index contributed by atoms with van der Waals surface area (Å²) in [5.74, 6) is -0.505. The SMILES string of the molecule is CC(=O)c1c(O)c(C(C)C)cc2c(c1=O)C[C@@]1(O)CCCC(C)(C)[C@@H]1CC2. The highest BCUT2D eigenvalue weighted by Gasteiger charge is 2.49. The molecule has 0 aliphatic heterocycles. The first-order chi connectivity index (χ1) is 12.5. The molecule has 27 heavy (non-hydrogen) atoms. The molecule has 2 aliphatic rings. The van der Waals surface area contributed by atoms with Gasteiger partial charge in [0.2, 0.25) is 0 Å². The van der Waals surface area contributed by atoms with Crippen LogP contribution in [0.15, 0.2) is 10.9 Å². The summed E-state index contributed by atoms with van der Waals surface area (Å²) < 4.78 is 0. The highest BCUT2D eigenvalue weighted by atomic mass is 16.3. The number of hydrogen-bond acceptors (Lipinski definition) is 4. The predicted octanol–water partition coefficient (Wildman–Crippen LogP) is 4.12. The van der Waals surface area contributed by atoms with E-state index in [1.807, 2.05) is 19.9 Å². The van der Waals surface area contributed by atoms with E-state index in [2.05, 4.69) is 13.8 Å². The number of rotatable bonds is 2. The van der Waals surface area contributed by atoms with Gasteiger partial charge in [-0.1, -0.05) is 40.2 Å². The fourth-order valence-corrected chi connectivity index (χ4v) is 5.48. The van der Waals surface area contributed by atoms with Crippen molar-refractivity contribution in [2.45, 2.75) is 84.7 Å². The molecule has 0 heterocycles. The number of aryl methyl sites for hydroxylation is 1. The van der Waals surface area contributed by atoms with Crippen LogP contribution in [0.3, 0.4) is 0 Å². The van der Waals surface area contributed by atoms with Crippen molar-refractivity contribution in [3.63, 3.8) is 0 Å². The maximum atomic E-state index is 13.3. The lowest BCUT2D eigenvalue weighted by Crippen LogP contribution is -2.50. The first-order valence-electron chi connectivity index (χ1n) is 10.1. The van der Waals surface area contributed by atoms with Gasteiger partial charge in [-0.05, 0) is 61.0 Å². The van der Waals surface area contributed by atoms with Crippen LogP contribution in [0.5, 0.6) is 5.75 Å². The molecule has 4 nitrogen and oxygen atoms in total. The number of aromatic hydroxyl groups is 1. The summed E-state index contributed by atoms with van der Waals surface area (Å²) in [5.41, 5.74) is 0.593. The summed E-state index contributed by atoms with van der Waals surface area (Å²) in [6.07, 6.45) is 4.45. The second-order valence-corrected chi connectivity index (χ2v) is 9.58. The monoisotopic (exact) mass is 372 g/mol. The van der Waals surface area contributed by atoms with Crippen LogP contribution in [-0.2, 0) is 12.8 Å². The third-order valence-corrected chi connectivity index (χ3v) is 6.91. The third-order valence-electron chi connectivity index (χ3n) is 6.91. The smallest absolute Gasteiger partial charge is 0.196 e. The highest BCUT2D eigenvalue weighted by Crippen LogP contribution is 2.51. The standard InChI is InChI=1S/C23H32O4/c1-13(2)16-11-15-7-8-18-22(4,5)9-6-10-23(18,27)12-17(15)21(26)19(14(3)24)20(16)25/h11,13,18,25,27H,6-10,12H2,1-5H3/t18-,23-/m0/s1. The van der Waals surface area contributed by atoms with Gasteiger partial charge in [-0.15, -0.1) is 0 Å². The summed E-state index contributed by atoms with van der Waals surface area (Å²) in [7, 11) is 0. The molecule has 2 aliphatic carbocycles. The maximum Gasteiger partial charge on any atom is 0.196 e. The van der Waals surface area contributed by atoms with E-state index >= 15 is 0 Å². The molecule has 0 saturated heterocycles. The molecule has 0 spiro atoms. The Morgan fingerprint density at radius 2 is 1.93 bits per heavy atom. The number of hydrogen-bond donors (Lipinski definition) is 2. The lowest BCUT2D eigenvalue weighted by Gasteiger charge is -2.49. The Bertz CT molecular complexity index is 837. The first kappa shape index (κ1) is 20.1. The van der Waals surface area contributed by atoms with Crippen LogP contribution in [0.4, 0.5) is 0 Å². The van der Waals surface area contributed by atoms with Crippen molar-refractivity contribution in [1.29, 1.82) is 0 Å². The molecule has 148 valence electrons. The van der Waals surface area contributed by atoms with Crippen LogP contribution in [0.1, 0.15) is 93.3 Å². The minimum absolute atomic E-state index is 0.0101. The topological polar surface area (TPSA) is 74.6 Å². The van der Waals surface area contributed by atoms with E-state index in [1.165, 1.54) is 6.92 Å². The Balaban J connectivity index is 2.28. The molecule has 0 radical (unpaired) electrons. The number of fused-ring (bicyclic) bond motifs is 2. The summed E-state index contributed by atoms with van der Waals surface area (Å²) in [5, 5.41) is 22.2. The Morgan fingerprint density at radius 1 is 1.26 bits per heavy atom. The predicted molar refractivity (Wildman–Crippen MR) is 107 cm³/mol. The molecule has 0 aromatic heterocycles. The molecule has 0 bridgehead atoms. The van der Waals surface area contributed by atoms with E-state index in [-0.39, 0.29) is 35.0 Å². The molecule has 4 heteroatoms. The second kappa shape index (κ2) is 6.73. The normalized spacial score (nSPS) is 26.9. The number of ketones is 1. The zero-order valence-corrected chi connectivity index (χ0v) is 17.2. The zero-order chi connectivity index (χ0) is 20.1. The van der Waals surface area contributed by atoms with E-state index in [0.29, 0.717) is 24.0 Å². The van der Waals surface area contributed by atoms with Gasteiger partial charge in [0.1, 0.15) is 11.3 Å². The van der Waals surface area contributed by atoms with Gasteiger partial charge in [0.15, 0.2) is 11.2 Å². The van der Waals surface area contributed by atoms with Crippen LogP contribution >= 0.6 is 0 Å². The summed E-state index contributed by atoms with van der Waals surface area (Å²) in [6.45, 7) is 9.64. The van der Waals surface area contributed by atoms with Crippen molar-refractivity contribution in [1.82, 2.24) is 0 Å². The molecule has 0 amide bonds. The quantitative estimate of drug-likeness (QED) is 0.766. The van der Waals surface area contributed by atoms with Gasteiger partial charge in [0, 0.05) is 12.0 Å². The molecular formula is C23H32O4. The Labute approximate surface area is 161 Å². The van der Waals surface area contributed by atoms with E-state index in [1.54, 1.807) is 0 Å². The van der Waals surface area contributed by atoms with E-state index in [4.69, 9.17) is 0 Å². The van der Waals surface area contributed by atoms with Crippen LogP contribution in [0.25, 0.3) is 0 Å². The minimum atomic E-state index is -0.928. The Hall–Kier alpha value is -1.68. The lowest BCUT2D eigenvalue weighted by atomic mass is 9.59. The third kappa shape index (κ3) is 3.33. The van der Waals surface area contributed by atoms with Gasteiger partial charge >= 0.3 is 0 Å². The molecule has 2 N–H and O–H groups in total. The molecule has 1 fully saturated rings. The maximum absolute atomic E-state index is 13.3. The van der Waals surface area contributed by atoms with Crippen molar-refractivity contribution >= 4 is 5.78 Å². The largest absolute Gasteiger partial charge is 0.507 e. The molecule has 1 aromatic rings. The van der Waals surface area contributed by atoms with Crippen LogP contribution in [0, 0.1) is 11.3 Å². The average molecular weight is 373 g/mol. The zero-order valence-electron chi connectivity index (χ0n) is 17.2.